The smallest absolute Gasteiger partial charge is 0.220 e. The van der Waals surface area contributed by atoms with Crippen molar-refractivity contribution in [2.24, 2.45) is 5.73 Å². The van der Waals surface area contributed by atoms with Crippen LogP contribution in [0.5, 0.6) is 0 Å². The van der Waals surface area contributed by atoms with Crippen LogP contribution in [0.15, 0.2) is 24.3 Å². The number of benzene rings is 1. The molecule has 1 unspecified atom stereocenters. The summed E-state index contributed by atoms with van der Waals surface area (Å²) in [7, 11) is 0. The molecule has 1 aliphatic heterocycles. The van der Waals surface area contributed by atoms with E-state index in [1.165, 1.54) is 11.1 Å². The van der Waals surface area contributed by atoms with Gasteiger partial charge in [-0.2, -0.15) is 0 Å². The summed E-state index contributed by atoms with van der Waals surface area (Å²) in [4.78, 5) is 11.7. The Morgan fingerprint density at radius 1 is 1.35 bits per heavy atom. The van der Waals surface area contributed by atoms with Crippen molar-refractivity contribution in [1.29, 1.82) is 0 Å². The molecule has 1 heterocycles. The maximum atomic E-state index is 11.7. The minimum absolute atomic E-state index is 0.119. The minimum Gasteiger partial charge on any atom is -0.356 e. The molecule has 92 valence electrons. The van der Waals surface area contributed by atoms with Crippen LogP contribution in [0, 0.1) is 6.92 Å². The van der Waals surface area contributed by atoms with Gasteiger partial charge in [-0.25, -0.2) is 0 Å². The molecule has 1 fully saturated rings. The zero-order chi connectivity index (χ0) is 12.3. The van der Waals surface area contributed by atoms with Crippen molar-refractivity contribution in [3.63, 3.8) is 0 Å². The molecule has 3 N–H and O–H groups in total. The molecule has 0 aliphatic carbocycles. The summed E-state index contributed by atoms with van der Waals surface area (Å²) in [6.45, 7) is 3.37. The van der Waals surface area contributed by atoms with E-state index in [1.807, 2.05) is 0 Å². The second-order valence-corrected chi connectivity index (χ2v) is 4.98. The number of hydrogen-bond acceptors (Lipinski definition) is 2. The molecular weight excluding hydrogens is 212 g/mol. The third-order valence-electron chi connectivity index (χ3n) is 3.71. The van der Waals surface area contributed by atoms with Crippen LogP contribution in [0.2, 0.25) is 0 Å². The molecule has 1 aromatic carbocycles. The summed E-state index contributed by atoms with van der Waals surface area (Å²) in [6, 6.07) is 8.41. The fourth-order valence-electron chi connectivity index (χ4n) is 2.56. The summed E-state index contributed by atoms with van der Waals surface area (Å²) < 4.78 is 0. The number of carbonyl (C=O) groups is 1. The number of amides is 1. The highest BCUT2D eigenvalue weighted by Crippen LogP contribution is 2.33. The van der Waals surface area contributed by atoms with Gasteiger partial charge in [-0.1, -0.05) is 29.8 Å². The van der Waals surface area contributed by atoms with E-state index in [1.54, 1.807) is 0 Å². The van der Waals surface area contributed by atoms with Gasteiger partial charge in [-0.05, 0) is 25.3 Å². The molecule has 0 saturated carbocycles. The second kappa shape index (κ2) is 4.88. The Morgan fingerprint density at radius 2 is 2.06 bits per heavy atom. The molecule has 3 heteroatoms. The van der Waals surface area contributed by atoms with Gasteiger partial charge >= 0.3 is 0 Å². The summed E-state index contributed by atoms with van der Waals surface area (Å²) in [5, 5.41) is 2.92. The minimum atomic E-state index is -0.172. The third kappa shape index (κ3) is 2.50. The second-order valence-electron chi connectivity index (χ2n) is 4.98. The average Bonchev–Trinajstić information content (AvgIpc) is 2.52. The van der Waals surface area contributed by atoms with E-state index in [-0.39, 0.29) is 11.3 Å². The predicted octanol–water partition coefficient (Wildman–Crippen LogP) is 1.49. The van der Waals surface area contributed by atoms with E-state index in [0.29, 0.717) is 13.0 Å². The van der Waals surface area contributed by atoms with Gasteiger partial charge in [-0.15, -0.1) is 0 Å². The van der Waals surface area contributed by atoms with Gasteiger partial charge in [0.1, 0.15) is 0 Å². The number of rotatable bonds is 2. The number of aryl methyl sites for hydroxylation is 1. The van der Waals surface area contributed by atoms with Crippen LogP contribution in [-0.4, -0.2) is 19.0 Å². The zero-order valence-electron chi connectivity index (χ0n) is 10.3. The molecule has 1 saturated heterocycles. The largest absolute Gasteiger partial charge is 0.356 e. The monoisotopic (exact) mass is 232 g/mol. The highest BCUT2D eigenvalue weighted by Gasteiger charge is 2.34. The van der Waals surface area contributed by atoms with E-state index < -0.39 is 0 Å². The molecule has 3 nitrogen and oxygen atoms in total. The first-order chi connectivity index (χ1) is 8.16. The van der Waals surface area contributed by atoms with Gasteiger partial charge in [0, 0.05) is 24.9 Å². The summed E-state index contributed by atoms with van der Waals surface area (Å²) in [5.41, 5.74) is 8.22. The quantitative estimate of drug-likeness (QED) is 0.811. The Morgan fingerprint density at radius 3 is 2.71 bits per heavy atom. The van der Waals surface area contributed by atoms with Gasteiger partial charge < -0.3 is 11.1 Å². The molecular formula is C14H20N2O. The molecule has 17 heavy (non-hydrogen) atoms. The average molecular weight is 232 g/mol. The Kier molecular flexibility index (Phi) is 3.48. The molecule has 0 bridgehead atoms. The lowest BCUT2D eigenvalue weighted by atomic mass is 9.74. The van der Waals surface area contributed by atoms with Crippen molar-refractivity contribution in [2.75, 3.05) is 13.1 Å². The standard InChI is InChI=1S/C14H20N2O/c1-11-3-5-12(6-4-11)14(10-15)7-2-8-16-13(17)9-14/h3-6H,2,7-10,15H2,1H3,(H,16,17). The van der Waals surface area contributed by atoms with Crippen molar-refractivity contribution in [3.8, 4) is 0 Å². The normalized spacial score (nSPS) is 25.2. The molecule has 1 aliphatic rings. The molecule has 1 atom stereocenters. The van der Waals surface area contributed by atoms with Crippen LogP contribution in [0.1, 0.15) is 30.4 Å². The van der Waals surface area contributed by atoms with Gasteiger partial charge in [0.25, 0.3) is 0 Å². The van der Waals surface area contributed by atoms with Gasteiger partial charge in [0.15, 0.2) is 0 Å². The highest BCUT2D eigenvalue weighted by molar-refractivity contribution is 5.78. The first-order valence-corrected chi connectivity index (χ1v) is 6.20. The molecule has 2 rings (SSSR count). The van der Waals surface area contributed by atoms with E-state index in [2.05, 4.69) is 36.5 Å². The Bertz CT molecular complexity index is 399. The first kappa shape index (κ1) is 12.1. The fraction of sp³-hybridized carbons (Fsp3) is 0.500. The van der Waals surface area contributed by atoms with E-state index in [4.69, 9.17) is 5.73 Å². The molecule has 0 spiro atoms. The molecule has 0 aromatic heterocycles. The van der Waals surface area contributed by atoms with Crippen molar-refractivity contribution in [3.05, 3.63) is 35.4 Å². The zero-order valence-corrected chi connectivity index (χ0v) is 10.3. The maximum Gasteiger partial charge on any atom is 0.220 e. The van der Waals surface area contributed by atoms with Crippen LogP contribution >= 0.6 is 0 Å². The highest BCUT2D eigenvalue weighted by atomic mass is 16.1. The van der Waals surface area contributed by atoms with Crippen LogP contribution in [0.4, 0.5) is 0 Å². The van der Waals surface area contributed by atoms with Crippen molar-refractivity contribution in [2.45, 2.75) is 31.6 Å². The Labute approximate surface area is 102 Å². The Hall–Kier alpha value is -1.35. The van der Waals surface area contributed by atoms with Crippen molar-refractivity contribution in [1.82, 2.24) is 5.32 Å². The van der Waals surface area contributed by atoms with E-state index in [9.17, 15) is 4.79 Å². The van der Waals surface area contributed by atoms with Crippen molar-refractivity contribution < 1.29 is 4.79 Å². The topological polar surface area (TPSA) is 55.1 Å². The molecule has 1 aromatic rings. The van der Waals surface area contributed by atoms with Gasteiger partial charge in [-0.3, -0.25) is 4.79 Å². The Balaban J connectivity index is 2.34. The lowest BCUT2D eigenvalue weighted by Crippen LogP contribution is -2.38. The number of nitrogens with one attached hydrogen (secondary N) is 1. The SMILES string of the molecule is Cc1ccc(C2(CN)CCCNC(=O)C2)cc1. The predicted molar refractivity (Wildman–Crippen MR) is 68.8 cm³/mol. The molecule has 0 radical (unpaired) electrons. The van der Waals surface area contributed by atoms with E-state index >= 15 is 0 Å². The van der Waals surface area contributed by atoms with Gasteiger partial charge in [0.05, 0.1) is 0 Å². The van der Waals surface area contributed by atoms with Gasteiger partial charge in [0.2, 0.25) is 5.91 Å². The fourth-order valence-corrected chi connectivity index (χ4v) is 2.56. The van der Waals surface area contributed by atoms with Crippen LogP contribution in [-0.2, 0) is 10.2 Å². The number of hydrogen-bond donors (Lipinski definition) is 2. The summed E-state index contributed by atoms with van der Waals surface area (Å²) in [5.74, 6) is 0.119. The van der Waals surface area contributed by atoms with Crippen LogP contribution in [0.25, 0.3) is 0 Å². The number of nitrogens with two attached hydrogens (primary N) is 1. The maximum absolute atomic E-state index is 11.7. The third-order valence-corrected chi connectivity index (χ3v) is 3.71. The lowest BCUT2D eigenvalue weighted by molar-refractivity contribution is -0.121. The summed E-state index contributed by atoms with van der Waals surface area (Å²) >= 11 is 0. The lowest BCUT2D eigenvalue weighted by Gasteiger charge is -2.31. The number of carbonyl (C=O) groups excluding carboxylic acids is 1. The van der Waals surface area contributed by atoms with Crippen molar-refractivity contribution >= 4 is 5.91 Å². The van der Waals surface area contributed by atoms with Crippen LogP contribution in [0.3, 0.4) is 0 Å². The summed E-state index contributed by atoms with van der Waals surface area (Å²) in [6.07, 6.45) is 2.48. The molecule has 1 amide bonds. The van der Waals surface area contributed by atoms with E-state index in [0.717, 1.165) is 19.4 Å². The van der Waals surface area contributed by atoms with Crippen LogP contribution < -0.4 is 11.1 Å². The first-order valence-electron chi connectivity index (χ1n) is 6.20.